The zero-order valence-electron chi connectivity index (χ0n) is 20.6. The Morgan fingerprint density at radius 3 is 2.56 bits per heavy atom. The number of rotatable bonds is 10. The molecule has 0 aromatic heterocycles. The van der Waals surface area contributed by atoms with Gasteiger partial charge in [0.2, 0.25) is 5.91 Å². The lowest BCUT2D eigenvalue weighted by molar-refractivity contribution is -0.164. The third kappa shape index (κ3) is 6.92. The lowest BCUT2D eigenvalue weighted by Gasteiger charge is -2.44. The fraction of sp³-hybridized carbons (Fsp3) is 0.769. The quantitative estimate of drug-likeness (QED) is 0.441. The van der Waals surface area contributed by atoms with Gasteiger partial charge in [-0.25, -0.2) is 0 Å². The molecule has 0 spiro atoms. The van der Waals surface area contributed by atoms with Crippen molar-refractivity contribution in [3.05, 3.63) is 23.8 Å². The molecule has 32 heavy (non-hydrogen) atoms. The van der Waals surface area contributed by atoms with Crippen LogP contribution in [0.4, 0.5) is 0 Å². The van der Waals surface area contributed by atoms with Gasteiger partial charge in [0, 0.05) is 13.0 Å². The maximum atomic E-state index is 12.9. The summed E-state index contributed by atoms with van der Waals surface area (Å²) >= 11 is 0. The van der Waals surface area contributed by atoms with Gasteiger partial charge in [-0.2, -0.15) is 0 Å². The first-order valence-electron chi connectivity index (χ1n) is 12.2. The molecular formula is C26H43NO5. The Bertz CT molecular complexity index is 713. The van der Waals surface area contributed by atoms with Crippen molar-refractivity contribution in [3.8, 4) is 0 Å². The number of hydrogen-bond acceptors (Lipinski definition) is 5. The molecule has 0 saturated carbocycles. The van der Waals surface area contributed by atoms with Gasteiger partial charge in [0.25, 0.3) is 0 Å². The molecule has 3 N–H and O–H groups in total. The predicted octanol–water partition coefficient (Wildman–Crippen LogP) is 3.77. The number of nitrogens with one attached hydrogen (secondary N) is 1. The average molecular weight is 450 g/mol. The van der Waals surface area contributed by atoms with E-state index in [1.165, 1.54) is 12.6 Å². The van der Waals surface area contributed by atoms with E-state index in [0.717, 1.165) is 19.3 Å². The van der Waals surface area contributed by atoms with E-state index >= 15 is 0 Å². The third-order valence-electron chi connectivity index (χ3n) is 7.37. The van der Waals surface area contributed by atoms with Crippen LogP contribution in [0.2, 0.25) is 0 Å². The highest BCUT2D eigenvalue weighted by atomic mass is 16.5. The Morgan fingerprint density at radius 1 is 1.25 bits per heavy atom. The van der Waals surface area contributed by atoms with Crippen molar-refractivity contribution < 1.29 is 24.5 Å². The maximum Gasteiger partial charge on any atom is 0.311 e. The van der Waals surface area contributed by atoms with Gasteiger partial charge >= 0.3 is 5.97 Å². The Labute approximate surface area is 193 Å². The fourth-order valence-electron chi connectivity index (χ4n) is 4.88. The zero-order valence-corrected chi connectivity index (χ0v) is 20.6. The molecule has 2 aliphatic carbocycles. The first kappa shape index (κ1) is 26.6. The van der Waals surface area contributed by atoms with Crippen molar-refractivity contribution >= 4 is 11.9 Å². The Balaban J connectivity index is 2.10. The molecule has 0 bridgehead atoms. The number of allylic oxidation sites excluding steroid dienone is 3. The maximum absolute atomic E-state index is 12.9. The fourth-order valence-corrected chi connectivity index (χ4v) is 4.88. The molecule has 5 unspecified atom stereocenters. The number of aliphatic hydroxyl groups excluding tert-OH is 2. The summed E-state index contributed by atoms with van der Waals surface area (Å²) in [6, 6.07) is 0. The second-order valence-corrected chi connectivity index (χ2v) is 10.5. The van der Waals surface area contributed by atoms with Gasteiger partial charge in [-0.05, 0) is 69.3 Å². The summed E-state index contributed by atoms with van der Waals surface area (Å²) in [6.07, 6.45) is 7.99. The molecule has 182 valence electrons. The lowest BCUT2D eigenvalue weighted by Crippen LogP contribution is -2.43. The van der Waals surface area contributed by atoms with E-state index in [0.29, 0.717) is 18.3 Å². The highest BCUT2D eigenvalue weighted by molar-refractivity contribution is 5.76. The molecule has 2 aliphatic rings. The summed E-state index contributed by atoms with van der Waals surface area (Å²) in [5, 5.41) is 23.1. The molecule has 0 aromatic carbocycles. The monoisotopic (exact) mass is 449 g/mol. The van der Waals surface area contributed by atoms with E-state index in [1.807, 2.05) is 20.8 Å². The van der Waals surface area contributed by atoms with Gasteiger partial charge in [-0.1, -0.05) is 39.0 Å². The standard InChI is InChI=1S/C26H43NO5/c1-7-26(4,5)25(31)32-22-13-16(2)12-18-9-8-17(3)21(24(18)22)11-10-19(28)14-20(29)15-23(30)27-6/h8-9,12,16-17,19-22,24,28-29H,7,10-11,13-15H2,1-6H3,(H,27,30)/t16?,17?,19-,20-,21?,22?,24?/m1/s1. The largest absolute Gasteiger partial charge is 0.461 e. The number of esters is 1. The number of ether oxygens (including phenoxy) is 1. The van der Waals surface area contributed by atoms with E-state index in [-0.39, 0.29) is 42.7 Å². The molecule has 2 rings (SSSR count). The van der Waals surface area contributed by atoms with E-state index in [2.05, 4.69) is 37.4 Å². The summed E-state index contributed by atoms with van der Waals surface area (Å²) in [7, 11) is 1.53. The minimum Gasteiger partial charge on any atom is -0.461 e. The Morgan fingerprint density at radius 2 is 1.94 bits per heavy atom. The molecular weight excluding hydrogens is 406 g/mol. The number of aliphatic hydroxyl groups is 2. The van der Waals surface area contributed by atoms with Gasteiger partial charge in [-0.3, -0.25) is 9.59 Å². The van der Waals surface area contributed by atoms with E-state index < -0.39 is 17.6 Å². The number of fused-ring (bicyclic) bond motifs is 1. The Hall–Kier alpha value is -1.66. The van der Waals surface area contributed by atoms with Crippen LogP contribution in [0.25, 0.3) is 0 Å². The Kier molecular flexibility index (Phi) is 9.53. The first-order valence-corrected chi connectivity index (χ1v) is 12.2. The molecule has 7 atom stereocenters. The summed E-state index contributed by atoms with van der Waals surface area (Å²) in [5.74, 6) is 0.623. The van der Waals surface area contributed by atoms with Crippen molar-refractivity contribution in [2.24, 2.45) is 29.1 Å². The summed E-state index contributed by atoms with van der Waals surface area (Å²) in [5.41, 5.74) is 0.723. The predicted molar refractivity (Wildman–Crippen MR) is 126 cm³/mol. The molecule has 0 heterocycles. The number of amides is 1. The second kappa shape index (κ2) is 11.5. The molecule has 0 radical (unpaired) electrons. The van der Waals surface area contributed by atoms with E-state index in [9.17, 15) is 19.8 Å². The average Bonchev–Trinajstić information content (AvgIpc) is 2.72. The first-order chi connectivity index (χ1) is 15.0. The molecule has 0 aromatic rings. The van der Waals surface area contributed by atoms with Crippen molar-refractivity contribution in [3.63, 3.8) is 0 Å². The smallest absolute Gasteiger partial charge is 0.311 e. The molecule has 6 nitrogen and oxygen atoms in total. The minimum absolute atomic E-state index is 0.00519. The van der Waals surface area contributed by atoms with Crippen LogP contribution in [0.5, 0.6) is 0 Å². The van der Waals surface area contributed by atoms with Crippen molar-refractivity contribution in [1.82, 2.24) is 5.32 Å². The van der Waals surface area contributed by atoms with Crippen LogP contribution in [0, 0.1) is 29.1 Å². The van der Waals surface area contributed by atoms with Gasteiger partial charge in [0.05, 0.1) is 24.0 Å². The normalized spacial score (nSPS) is 29.5. The number of carbonyl (C=O) groups is 2. The van der Waals surface area contributed by atoms with Gasteiger partial charge in [-0.15, -0.1) is 0 Å². The molecule has 6 heteroatoms. The summed E-state index contributed by atoms with van der Waals surface area (Å²) in [6.45, 7) is 10.2. The molecule has 1 amide bonds. The topological polar surface area (TPSA) is 95.9 Å². The summed E-state index contributed by atoms with van der Waals surface area (Å²) in [4.78, 5) is 24.3. The van der Waals surface area contributed by atoms with E-state index in [1.54, 1.807) is 0 Å². The minimum atomic E-state index is -0.857. The van der Waals surface area contributed by atoms with E-state index in [4.69, 9.17) is 4.74 Å². The van der Waals surface area contributed by atoms with Crippen LogP contribution in [0.3, 0.4) is 0 Å². The highest BCUT2D eigenvalue weighted by Crippen LogP contribution is 2.45. The molecule has 0 fully saturated rings. The molecule has 0 aliphatic heterocycles. The number of carbonyl (C=O) groups excluding carboxylic acids is 2. The van der Waals surface area contributed by atoms with Crippen LogP contribution >= 0.6 is 0 Å². The van der Waals surface area contributed by atoms with Gasteiger partial charge < -0.3 is 20.3 Å². The van der Waals surface area contributed by atoms with Gasteiger partial charge in [0.15, 0.2) is 0 Å². The highest BCUT2D eigenvalue weighted by Gasteiger charge is 2.42. The second-order valence-electron chi connectivity index (χ2n) is 10.5. The van der Waals surface area contributed by atoms with Gasteiger partial charge in [0.1, 0.15) is 6.10 Å². The lowest BCUT2D eigenvalue weighted by atomic mass is 9.65. The zero-order chi connectivity index (χ0) is 24.1. The van der Waals surface area contributed by atoms with Crippen LogP contribution in [-0.2, 0) is 14.3 Å². The summed E-state index contributed by atoms with van der Waals surface area (Å²) < 4.78 is 6.13. The SMILES string of the molecule is CCC(C)(C)C(=O)OC1CC(C)C=C2C=CC(C)C(CC[C@@H](O)C[C@@H](O)CC(=O)NC)C21. The van der Waals surface area contributed by atoms with Crippen LogP contribution < -0.4 is 5.32 Å². The van der Waals surface area contributed by atoms with Crippen LogP contribution in [-0.4, -0.2) is 47.4 Å². The number of hydrogen-bond donors (Lipinski definition) is 3. The third-order valence-corrected chi connectivity index (χ3v) is 7.37. The van der Waals surface area contributed by atoms with Crippen LogP contribution in [0.1, 0.15) is 73.1 Å². The van der Waals surface area contributed by atoms with Crippen molar-refractivity contribution in [2.75, 3.05) is 7.05 Å². The van der Waals surface area contributed by atoms with Crippen LogP contribution in [0.15, 0.2) is 23.8 Å². The molecule has 0 saturated heterocycles. The van der Waals surface area contributed by atoms with Crippen molar-refractivity contribution in [2.45, 2.75) is 91.5 Å². The van der Waals surface area contributed by atoms with Crippen molar-refractivity contribution in [1.29, 1.82) is 0 Å².